The molecular formula is C11H18N4. The van der Waals surface area contributed by atoms with E-state index in [1.165, 1.54) is 5.56 Å². The van der Waals surface area contributed by atoms with Crippen LogP contribution in [0.25, 0.3) is 0 Å². The van der Waals surface area contributed by atoms with Crippen molar-refractivity contribution in [3.63, 3.8) is 0 Å². The number of hydrogen-bond acceptors (Lipinski definition) is 3. The highest BCUT2D eigenvalue weighted by Crippen LogP contribution is 2.01. The first-order valence-electron chi connectivity index (χ1n) is 5.09. The molecule has 0 aliphatic heterocycles. The topological polar surface area (TPSA) is 66.0 Å². The van der Waals surface area contributed by atoms with E-state index in [4.69, 9.17) is 11.1 Å². The van der Waals surface area contributed by atoms with Crippen LogP contribution in [0.3, 0.4) is 0 Å². The summed E-state index contributed by atoms with van der Waals surface area (Å²) in [4.78, 5) is 6.27. The van der Waals surface area contributed by atoms with Crippen molar-refractivity contribution < 1.29 is 0 Å². The molecule has 4 heteroatoms. The highest BCUT2D eigenvalue weighted by atomic mass is 15.1. The van der Waals surface area contributed by atoms with E-state index in [1.54, 1.807) is 6.20 Å². The predicted molar refractivity (Wildman–Crippen MR) is 61.7 cm³/mol. The van der Waals surface area contributed by atoms with Gasteiger partial charge in [0.2, 0.25) is 0 Å². The van der Waals surface area contributed by atoms with Gasteiger partial charge in [0.15, 0.2) is 0 Å². The first kappa shape index (κ1) is 11.7. The third-order valence-electron chi connectivity index (χ3n) is 2.16. The second-order valence-corrected chi connectivity index (χ2v) is 3.73. The fourth-order valence-electron chi connectivity index (χ4n) is 1.42. The Morgan fingerprint density at radius 2 is 2.40 bits per heavy atom. The summed E-state index contributed by atoms with van der Waals surface area (Å²) in [6.45, 7) is 1.85. The Labute approximate surface area is 90.6 Å². The third-order valence-corrected chi connectivity index (χ3v) is 2.16. The minimum atomic E-state index is 0.268. The Morgan fingerprint density at radius 1 is 1.60 bits per heavy atom. The quantitative estimate of drug-likeness (QED) is 0.543. The molecule has 1 rings (SSSR count). The van der Waals surface area contributed by atoms with Crippen molar-refractivity contribution in [3.05, 3.63) is 30.1 Å². The monoisotopic (exact) mass is 206 g/mol. The number of pyridine rings is 1. The molecule has 0 unspecified atom stereocenters. The third kappa shape index (κ3) is 5.12. The van der Waals surface area contributed by atoms with Crippen LogP contribution in [0.15, 0.2) is 24.5 Å². The Kier molecular flexibility index (Phi) is 4.77. The summed E-state index contributed by atoms with van der Waals surface area (Å²) in [5.41, 5.74) is 6.50. The molecular weight excluding hydrogens is 188 g/mol. The van der Waals surface area contributed by atoms with E-state index in [-0.39, 0.29) is 5.84 Å². The van der Waals surface area contributed by atoms with Gasteiger partial charge < -0.3 is 10.6 Å². The van der Waals surface area contributed by atoms with E-state index in [0.29, 0.717) is 6.42 Å². The fraction of sp³-hybridized carbons (Fsp3) is 0.455. The molecule has 0 aromatic carbocycles. The van der Waals surface area contributed by atoms with Crippen LogP contribution in [0.1, 0.15) is 18.4 Å². The normalized spacial score (nSPS) is 10.5. The summed E-state index contributed by atoms with van der Waals surface area (Å²) in [5, 5.41) is 7.11. The van der Waals surface area contributed by atoms with Gasteiger partial charge in [0.1, 0.15) is 0 Å². The van der Waals surface area contributed by atoms with Crippen LogP contribution in [-0.4, -0.2) is 29.3 Å². The molecule has 1 aromatic rings. The Morgan fingerprint density at radius 3 is 3.00 bits per heavy atom. The van der Waals surface area contributed by atoms with Crippen molar-refractivity contribution in [2.24, 2.45) is 5.73 Å². The molecule has 0 radical (unpaired) electrons. The number of amidine groups is 1. The van der Waals surface area contributed by atoms with E-state index >= 15 is 0 Å². The average molecular weight is 206 g/mol. The summed E-state index contributed by atoms with van der Waals surface area (Å²) in [6, 6.07) is 4.01. The van der Waals surface area contributed by atoms with E-state index in [1.807, 2.05) is 12.3 Å². The number of aromatic nitrogens is 1. The largest absolute Gasteiger partial charge is 0.388 e. The molecule has 1 aromatic heterocycles. The van der Waals surface area contributed by atoms with Gasteiger partial charge >= 0.3 is 0 Å². The van der Waals surface area contributed by atoms with Crippen molar-refractivity contribution in [2.45, 2.75) is 19.4 Å². The van der Waals surface area contributed by atoms with Crippen LogP contribution in [0, 0.1) is 5.41 Å². The van der Waals surface area contributed by atoms with E-state index in [9.17, 15) is 0 Å². The molecule has 3 N–H and O–H groups in total. The van der Waals surface area contributed by atoms with E-state index in [2.05, 4.69) is 23.0 Å². The van der Waals surface area contributed by atoms with Crippen molar-refractivity contribution in [2.75, 3.05) is 13.6 Å². The molecule has 4 nitrogen and oxygen atoms in total. The average Bonchev–Trinajstić information content (AvgIpc) is 2.18. The molecule has 0 spiro atoms. The second-order valence-electron chi connectivity index (χ2n) is 3.73. The molecule has 1 heterocycles. The second kappa shape index (κ2) is 6.14. The van der Waals surface area contributed by atoms with Gasteiger partial charge in [-0.1, -0.05) is 6.07 Å². The van der Waals surface area contributed by atoms with Crippen LogP contribution in [0.4, 0.5) is 0 Å². The molecule has 0 amide bonds. The summed E-state index contributed by atoms with van der Waals surface area (Å²) >= 11 is 0. The molecule has 0 saturated carbocycles. The zero-order chi connectivity index (χ0) is 11.1. The first-order chi connectivity index (χ1) is 7.18. The number of nitrogens with one attached hydrogen (secondary N) is 1. The minimum absolute atomic E-state index is 0.268. The lowest BCUT2D eigenvalue weighted by molar-refractivity contribution is 0.324. The first-order valence-corrected chi connectivity index (χ1v) is 5.09. The SMILES string of the molecule is CN(CCCC(=N)N)Cc1cccnc1. The van der Waals surface area contributed by atoms with E-state index < -0.39 is 0 Å². The van der Waals surface area contributed by atoms with Gasteiger partial charge in [-0.15, -0.1) is 0 Å². The van der Waals surface area contributed by atoms with Crippen LogP contribution in [-0.2, 0) is 6.54 Å². The molecule has 0 atom stereocenters. The molecule has 0 saturated heterocycles. The Balaban J connectivity index is 2.24. The molecule has 82 valence electrons. The number of nitrogens with zero attached hydrogens (tertiary/aromatic N) is 2. The van der Waals surface area contributed by atoms with E-state index in [0.717, 1.165) is 19.5 Å². The maximum atomic E-state index is 7.11. The molecule has 15 heavy (non-hydrogen) atoms. The lowest BCUT2D eigenvalue weighted by Gasteiger charge is -2.15. The van der Waals surface area contributed by atoms with Crippen molar-refractivity contribution >= 4 is 5.84 Å². The van der Waals surface area contributed by atoms with Gasteiger partial charge in [0.05, 0.1) is 5.84 Å². The highest BCUT2D eigenvalue weighted by molar-refractivity contribution is 5.76. The number of rotatable bonds is 6. The van der Waals surface area contributed by atoms with Crippen LogP contribution < -0.4 is 5.73 Å². The number of hydrogen-bond donors (Lipinski definition) is 2. The van der Waals surface area contributed by atoms with Crippen LogP contribution >= 0.6 is 0 Å². The molecule has 0 aliphatic rings. The molecule has 0 aliphatic carbocycles. The smallest absolute Gasteiger partial charge is 0.0905 e. The standard InChI is InChI=1S/C11H18N4/c1-15(7-3-5-11(12)13)9-10-4-2-6-14-8-10/h2,4,6,8H,3,5,7,9H2,1H3,(H3,12,13). The Hall–Kier alpha value is -1.42. The van der Waals surface area contributed by atoms with Gasteiger partial charge in [-0.25, -0.2) is 0 Å². The van der Waals surface area contributed by atoms with Crippen molar-refractivity contribution in [1.82, 2.24) is 9.88 Å². The maximum absolute atomic E-state index is 7.11. The van der Waals surface area contributed by atoms with Crippen LogP contribution in [0.2, 0.25) is 0 Å². The van der Waals surface area contributed by atoms with Gasteiger partial charge in [-0.05, 0) is 31.6 Å². The fourth-order valence-corrected chi connectivity index (χ4v) is 1.42. The predicted octanol–water partition coefficient (Wildman–Crippen LogP) is 1.23. The molecule has 0 bridgehead atoms. The zero-order valence-corrected chi connectivity index (χ0v) is 9.11. The van der Waals surface area contributed by atoms with Crippen LogP contribution in [0.5, 0.6) is 0 Å². The van der Waals surface area contributed by atoms with Gasteiger partial charge in [0, 0.05) is 25.4 Å². The zero-order valence-electron chi connectivity index (χ0n) is 9.11. The lowest BCUT2D eigenvalue weighted by atomic mass is 10.2. The van der Waals surface area contributed by atoms with Gasteiger partial charge in [-0.3, -0.25) is 10.4 Å². The molecule has 0 fully saturated rings. The van der Waals surface area contributed by atoms with Gasteiger partial charge in [0.25, 0.3) is 0 Å². The summed E-state index contributed by atoms with van der Waals surface area (Å²) < 4.78 is 0. The summed E-state index contributed by atoms with van der Waals surface area (Å²) in [6.07, 6.45) is 5.27. The van der Waals surface area contributed by atoms with Crippen molar-refractivity contribution in [1.29, 1.82) is 5.41 Å². The Bertz CT molecular complexity index is 297. The maximum Gasteiger partial charge on any atom is 0.0905 e. The van der Waals surface area contributed by atoms with Gasteiger partial charge in [-0.2, -0.15) is 0 Å². The number of nitrogens with two attached hydrogens (primary N) is 1. The lowest BCUT2D eigenvalue weighted by Crippen LogP contribution is -2.21. The minimum Gasteiger partial charge on any atom is -0.388 e. The van der Waals surface area contributed by atoms with Crippen molar-refractivity contribution in [3.8, 4) is 0 Å². The highest BCUT2D eigenvalue weighted by Gasteiger charge is 2.00. The summed E-state index contributed by atoms with van der Waals surface area (Å²) in [5.74, 6) is 0.268. The summed E-state index contributed by atoms with van der Waals surface area (Å²) in [7, 11) is 2.06.